The van der Waals surface area contributed by atoms with Crippen LogP contribution in [0.2, 0.25) is 5.02 Å². The Hall–Kier alpha value is -0.840. The highest BCUT2D eigenvalue weighted by Gasteiger charge is 2.21. The van der Waals surface area contributed by atoms with Gasteiger partial charge in [-0.05, 0) is 44.1 Å². The van der Waals surface area contributed by atoms with Gasteiger partial charge in [-0.1, -0.05) is 11.6 Å². The number of benzene rings is 1. The monoisotopic (exact) mass is 292 g/mol. The molecule has 1 aromatic carbocycles. The van der Waals surface area contributed by atoms with E-state index in [1.807, 2.05) is 0 Å². The minimum absolute atomic E-state index is 0. The fourth-order valence-corrected chi connectivity index (χ4v) is 2.07. The number of rotatable bonds is 2. The fraction of sp³-hybridized carbons (Fsp3) is 0.417. The summed E-state index contributed by atoms with van der Waals surface area (Å²) in [6, 6.07) is 4.24. The van der Waals surface area contributed by atoms with Gasteiger partial charge in [-0.25, -0.2) is 4.39 Å². The number of halogens is 3. The van der Waals surface area contributed by atoms with Gasteiger partial charge < -0.3 is 10.6 Å². The second-order valence-electron chi connectivity index (χ2n) is 4.14. The number of carbonyl (C=O) groups is 1. The van der Waals surface area contributed by atoms with Crippen LogP contribution in [0.4, 0.5) is 10.1 Å². The van der Waals surface area contributed by atoms with Gasteiger partial charge in [0.25, 0.3) is 0 Å². The summed E-state index contributed by atoms with van der Waals surface area (Å²) in [6.07, 6.45) is 1.59. The Morgan fingerprint density at radius 1 is 1.39 bits per heavy atom. The molecule has 0 radical (unpaired) electrons. The number of nitrogens with one attached hydrogen (secondary N) is 2. The van der Waals surface area contributed by atoms with Gasteiger partial charge in [0.05, 0.1) is 5.69 Å². The van der Waals surface area contributed by atoms with Crippen LogP contribution in [-0.2, 0) is 4.79 Å². The topological polar surface area (TPSA) is 41.1 Å². The minimum atomic E-state index is -0.500. The molecule has 2 N–H and O–H groups in total. The average molecular weight is 293 g/mol. The lowest BCUT2D eigenvalue weighted by Gasteiger charge is -2.21. The molecule has 0 bridgehead atoms. The van der Waals surface area contributed by atoms with Crippen LogP contribution in [0.15, 0.2) is 18.2 Å². The Morgan fingerprint density at radius 3 is 2.67 bits per heavy atom. The van der Waals surface area contributed by atoms with Gasteiger partial charge in [0.2, 0.25) is 5.91 Å². The summed E-state index contributed by atoms with van der Waals surface area (Å²) in [5.74, 6) is -0.654. The molecule has 1 aliphatic rings. The smallest absolute Gasteiger partial charge is 0.227 e. The van der Waals surface area contributed by atoms with Crippen LogP contribution in [0.1, 0.15) is 12.8 Å². The van der Waals surface area contributed by atoms with Crippen LogP contribution in [0.25, 0.3) is 0 Å². The van der Waals surface area contributed by atoms with E-state index in [2.05, 4.69) is 10.6 Å². The number of anilines is 1. The molecule has 1 heterocycles. The Bertz CT molecular complexity index is 423. The van der Waals surface area contributed by atoms with Gasteiger partial charge in [-0.3, -0.25) is 4.79 Å². The van der Waals surface area contributed by atoms with Gasteiger partial charge in [0.15, 0.2) is 0 Å². The molecule has 1 aliphatic heterocycles. The van der Waals surface area contributed by atoms with Crippen molar-refractivity contribution in [2.24, 2.45) is 5.92 Å². The number of piperidine rings is 1. The summed E-state index contributed by atoms with van der Waals surface area (Å²) in [5.41, 5.74) is 0.193. The zero-order valence-electron chi connectivity index (χ0n) is 9.71. The molecule has 0 aliphatic carbocycles. The SMILES string of the molecule is Cl.O=C(Nc1ccc(Cl)cc1F)C1CCNCC1. The van der Waals surface area contributed by atoms with Crippen molar-refractivity contribution in [1.82, 2.24) is 5.32 Å². The van der Waals surface area contributed by atoms with Gasteiger partial charge >= 0.3 is 0 Å². The summed E-state index contributed by atoms with van der Waals surface area (Å²) in [7, 11) is 0. The van der Waals surface area contributed by atoms with Gasteiger partial charge in [-0.2, -0.15) is 0 Å². The standard InChI is InChI=1S/C12H14ClFN2O.ClH/c13-9-1-2-11(10(14)7-9)16-12(17)8-3-5-15-6-4-8;/h1-2,7-8,15H,3-6H2,(H,16,17);1H. The maximum Gasteiger partial charge on any atom is 0.227 e. The molecule has 2 rings (SSSR count). The second-order valence-corrected chi connectivity index (χ2v) is 4.57. The molecule has 0 saturated carbocycles. The van der Waals surface area contributed by atoms with E-state index in [0.29, 0.717) is 5.02 Å². The molecule has 1 saturated heterocycles. The molecule has 100 valence electrons. The highest BCUT2D eigenvalue weighted by Crippen LogP contribution is 2.21. The quantitative estimate of drug-likeness (QED) is 0.880. The van der Waals surface area contributed by atoms with E-state index in [-0.39, 0.29) is 29.9 Å². The first-order chi connectivity index (χ1) is 8.16. The zero-order chi connectivity index (χ0) is 12.3. The highest BCUT2D eigenvalue weighted by molar-refractivity contribution is 6.30. The maximum absolute atomic E-state index is 13.5. The predicted octanol–water partition coefficient (Wildman–Crippen LogP) is 2.84. The first-order valence-electron chi connectivity index (χ1n) is 5.63. The van der Waals surface area contributed by atoms with Crippen molar-refractivity contribution in [3.8, 4) is 0 Å². The number of amides is 1. The number of hydrogen-bond acceptors (Lipinski definition) is 2. The molecule has 6 heteroatoms. The molecule has 0 atom stereocenters. The van der Waals surface area contributed by atoms with Crippen LogP contribution in [-0.4, -0.2) is 19.0 Å². The minimum Gasteiger partial charge on any atom is -0.323 e. The summed E-state index contributed by atoms with van der Waals surface area (Å²) in [4.78, 5) is 11.9. The summed E-state index contributed by atoms with van der Waals surface area (Å²) >= 11 is 5.64. The lowest BCUT2D eigenvalue weighted by Crippen LogP contribution is -2.34. The third-order valence-electron chi connectivity index (χ3n) is 2.90. The fourth-order valence-electron chi connectivity index (χ4n) is 1.91. The molecule has 1 amide bonds. The normalized spacial score (nSPS) is 15.9. The number of carbonyl (C=O) groups excluding carboxylic acids is 1. The molecular weight excluding hydrogens is 278 g/mol. The molecule has 18 heavy (non-hydrogen) atoms. The largest absolute Gasteiger partial charge is 0.323 e. The Labute approximate surface area is 116 Å². The Kier molecular flexibility index (Phi) is 5.85. The van der Waals surface area contributed by atoms with E-state index in [1.54, 1.807) is 6.07 Å². The average Bonchev–Trinajstić information content (AvgIpc) is 2.34. The third-order valence-corrected chi connectivity index (χ3v) is 3.13. The summed E-state index contributed by atoms with van der Waals surface area (Å²) in [6.45, 7) is 1.67. The highest BCUT2D eigenvalue weighted by atomic mass is 35.5. The van der Waals surface area contributed by atoms with Gasteiger partial charge in [0, 0.05) is 10.9 Å². The third kappa shape index (κ3) is 3.83. The Balaban J connectivity index is 0.00000162. The zero-order valence-corrected chi connectivity index (χ0v) is 11.3. The van der Waals surface area contributed by atoms with Crippen molar-refractivity contribution in [1.29, 1.82) is 0 Å². The molecule has 3 nitrogen and oxygen atoms in total. The second kappa shape index (κ2) is 6.92. The molecule has 0 aromatic heterocycles. The van der Waals surface area contributed by atoms with Gasteiger partial charge in [0.1, 0.15) is 5.82 Å². The van der Waals surface area contributed by atoms with Crippen LogP contribution in [0.3, 0.4) is 0 Å². The van der Waals surface area contributed by atoms with E-state index in [9.17, 15) is 9.18 Å². The van der Waals surface area contributed by atoms with Crippen molar-refractivity contribution >= 4 is 35.6 Å². The van der Waals surface area contributed by atoms with Crippen LogP contribution >= 0.6 is 24.0 Å². The van der Waals surface area contributed by atoms with E-state index < -0.39 is 5.82 Å². The molecule has 0 spiro atoms. The Morgan fingerprint density at radius 2 is 2.06 bits per heavy atom. The van der Waals surface area contributed by atoms with E-state index in [4.69, 9.17) is 11.6 Å². The molecular formula is C12H15Cl2FN2O. The molecule has 1 aromatic rings. The van der Waals surface area contributed by atoms with Crippen molar-refractivity contribution in [2.45, 2.75) is 12.8 Å². The predicted molar refractivity (Wildman–Crippen MR) is 72.9 cm³/mol. The number of hydrogen-bond donors (Lipinski definition) is 2. The van der Waals surface area contributed by atoms with Crippen molar-refractivity contribution < 1.29 is 9.18 Å². The van der Waals surface area contributed by atoms with Gasteiger partial charge in [-0.15, -0.1) is 12.4 Å². The van der Waals surface area contributed by atoms with Crippen LogP contribution in [0.5, 0.6) is 0 Å². The van der Waals surface area contributed by atoms with Crippen molar-refractivity contribution in [2.75, 3.05) is 18.4 Å². The van der Waals surface area contributed by atoms with Crippen molar-refractivity contribution in [3.63, 3.8) is 0 Å². The lowest BCUT2D eigenvalue weighted by atomic mass is 9.97. The molecule has 1 fully saturated rings. The van der Waals surface area contributed by atoms with Crippen LogP contribution < -0.4 is 10.6 Å². The first kappa shape index (κ1) is 15.2. The summed E-state index contributed by atoms with van der Waals surface area (Å²) in [5, 5.41) is 6.11. The van der Waals surface area contributed by atoms with Crippen LogP contribution in [0, 0.1) is 11.7 Å². The first-order valence-corrected chi connectivity index (χ1v) is 6.01. The maximum atomic E-state index is 13.5. The van der Waals surface area contributed by atoms with E-state index in [1.165, 1.54) is 12.1 Å². The molecule has 0 unspecified atom stereocenters. The van der Waals surface area contributed by atoms with Crippen molar-refractivity contribution in [3.05, 3.63) is 29.0 Å². The lowest BCUT2D eigenvalue weighted by molar-refractivity contribution is -0.120. The van der Waals surface area contributed by atoms with E-state index >= 15 is 0 Å². The van der Waals surface area contributed by atoms with E-state index in [0.717, 1.165) is 25.9 Å². The summed E-state index contributed by atoms with van der Waals surface area (Å²) < 4.78 is 13.5.